The summed E-state index contributed by atoms with van der Waals surface area (Å²) in [4.78, 5) is 9.69. The second kappa shape index (κ2) is 8.43. The highest BCUT2D eigenvalue weighted by Crippen LogP contribution is 2.34. The summed E-state index contributed by atoms with van der Waals surface area (Å²) in [5.41, 5.74) is 3.09. The summed E-state index contributed by atoms with van der Waals surface area (Å²) in [7, 11) is 0. The van der Waals surface area contributed by atoms with Gasteiger partial charge in [-0.2, -0.15) is 5.10 Å². The van der Waals surface area contributed by atoms with Gasteiger partial charge in [0.2, 0.25) is 0 Å². The number of hydrogen-bond donors (Lipinski definition) is 1. The monoisotopic (exact) mass is 395 g/mol. The topological polar surface area (TPSA) is 48.1 Å². The molecule has 0 spiro atoms. The Morgan fingerprint density at radius 3 is 2.46 bits per heavy atom. The molecule has 4 rings (SSSR count). The number of H-pyrrole nitrogens is 1. The number of piperazine rings is 1. The maximum absolute atomic E-state index is 6.07. The van der Waals surface area contributed by atoms with Gasteiger partial charge in [0.25, 0.3) is 0 Å². The number of nitrogens with zero attached hydrogens (tertiary/aromatic N) is 4. The second-order valence-electron chi connectivity index (χ2n) is 7.47. The predicted octanol–water partition coefficient (Wildman–Crippen LogP) is 3.58. The lowest BCUT2D eigenvalue weighted by atomic mass is 9.90. The third-order valence-corrected chi connectivity index (χ3v) is 6.04. The molecule has 0 bridgehead atoms. The molecule has 3 aromatic rings. The van der Waals surface area contributed by atoms with E-state index in [1.165, 1.54) is 5.56 Å². The Labute approximate surface area is 171 Å². The van der Waals surface area contributed by atoms with E-state index < -0.39 is 0 Å². The summed E-state index contributed by atoms with van der Waals surface area (Å²) in [6.07, 6.45) is 4.62. The van der Waals surface area contributed by atoms with Gasteiger partial charge >= 0.3 is 0 Å². The van der Waals surface area contributed by atoms with Crippen molar-refractivity contribution in [2.45, 2.75) is 18.9 Å². The second-order valence-corrected chi connectivity index (χ2v) is 7.90. The predicted molar refractivity (Wildman–Crippen MR) is 112 cm³/mol. The van der Waals surface area contributed by atoms with Crippen molar-refractivity contribution >= 4 is 11.6 Å². The highest BCUT2D eigenvalue weighted by Gasteiger charge is 2.39. The molecular formula is C22H26ClN5. The van der Waals surface area contributed by atoms with Crippen molar-refractivity contribution in [1.29, 1.82) is 0 Å². The lowest BCUT2D eigenvalue weighted by Gasteiger charge is -2.45. The Bertz CT molecular complexity index is 858. The molecule has 3 heterocycles. The average molecular weight is 396 g/mol. The molecule has 1 fully saturated rings. The summed E-state index contributed by atoms with van der Waals surface area (Å²) in [5.74, 6) is 0. The Hall–Kier alpha value is -2.21. The van der Waals surface area contributed by atoms with E-state index in [1.807, 2.05) is 18.2 Å². The molecule has 28 heavy (non-hydrogen) atoms. The summed E-state index contributed by atoms with van der Waals surface area (Å²) >= 11 is 6.07. The van der Waals surface area contributed by atoms with Crippen LogP contribution in [0.2, 0.25) is 5.02 Å². The SMILES string of the molecule is CC(c1ccc(Cl)cn1)(c1ccn[nH]1)N1CCN(CCc2ccccc2)CC1. The van der Waals surface area contributed by atoms with Crippen molar-refractivity contribution in [1.82, 2.24) is 25.0 Å². The number of pyridine rings is 1. The molecule has 1 N–H and O–H groups in total. The Morgan fingerprint density at radius 2 is 1.82 bits per heavy atom. The van der Waals surface area contributed by atoms with Gasteiger partial charge in [0, 0.05) is 45.1 Å². The first kappa shape index (κ1) is 19.1. The molecule has 1 aromatic carbocycles. The molecule has 146 valence electrons. The number of rotatable bonds is 6. The van der Waals surface area contributed by atoms with Gasteiger partial charge in [-0.25, -0.2) is 0 Å². The van der Waals surface area contributed by atoms with Gasteiger partial charge in [-0.1, -0.05) is 41.9 Å². The lowest BCUT2D eigenvalue weighted by Crippen LogP contribution is -2.55. The zero-order valence-electron chi connectivity index (χ0n) is 16.2. The van der Waals surface area contributed by atoms with Crippen LogP contribution in [-0.4, -0.2) is 57.7 Å². The summed E-state index contributed by atoms with van der Waals surface area (Å²) in [6.45, 7) is 7.37. The van der Waals surface area contributed by atoms with Crippen LogP contribution in [0.4, 0.5) is 0 Å². The molecule has 1 atom stereocenters. The third kappa shape index (κ3) is 3.97. The Kier molecular flexibility index (Phi) is 5.76. The molecule has 6 heteroatoms. The van der Waals surface area contributed by atoms with E-state index in [0.29, 0.717) is 5.02 Å². The largest absolute Gasteiger partial charge is 0.300 e. The first-order valence-electron chi connectivity index (χ1n) is 9.79. The molecule has 0 aliphatic carbocycles. The van der Waals surface area contributed by atoms with Crippen LogP contribution >= 0.6 is 11.6 Å². The lowest BCUT2D eigenvalue weighted by molar-refractivity contribution is 0.0583. The molecule has 0 saturated carbocycles. The van der Waals surface area contributed by atoms with E-state index in [9.17, 15) is 0 Å². The van der Waals surface area contributed by atoms with E-state index >= 15 is 0 Å². The summed E-state index contributed by atoms with van der Waals surface area (Å²) in [6, 6.07) is 16.7. The minimum absolute atomic E-state index is 0.355. The number of halogens is 1. The van der Waals surface area contributed by atoms with E-state index in [0.717, 1.165) is 50.5 Å². The van der Waals surface area contributed by atoms with Gasteiger partial charge < -0.3 is 4.90 Å². The first-order chi connectivity index (χ1) is 13.7. The van der Waals surface area contributed by atoms with Crippen LogP contribution in [0.15, 0.2) is 60.9 Å². The van der Waals surface area contributed by atoms with Crippen molar-refractivity contribution in [2.75, 3.05) is 32.7 Å². The van der Waals surface area contributed by atoms with Crippen LogP contribution in [0.3, 0.4) is 0 Å². The number of aromatic amines is 1. The number of aromatic nitrogens is 3. The average Bonchev–Trinajstić information content (AvgIpc) is 3.29. The molecule has 1 aliphatic heterocycles. The van der Waals surface area contributed by atoms with Crippen LogP contribution in [0.25, 0.3) is 0 Å². The molecule has 1 aliphatic rings. The minimum atomic E-state index is -0.355. The van der Waals surface area contributed by atoms with Gasteiger partial charge in [0.15, 0.2) is 0 Å². The smallest absolute Gasteiger partial charge is 0.103 e. The van der Waals surface area contributed by atoms with Crippen LogP contribution in [0.1, 0.15) is 23.9 Å². The summed E-state index contributed by atoms with van der Waals surface area (Å²) < 4.78 is 0. The maximum Gasteiger partial charge on any atom is 0.103 e. The first-order valence-corrected chi connectivity index (χ1v) is 10.2. The van der Waals surface area contributed by atoms with Crippen molar-refractivity contribution in [3.8, 4) is 0 Å². The molecule has 2 aromatic heterocycles. The van der Waals surface area contributed by atoms with Crippen LogP contribution in [0, 0.1) is 0 Å². The highest BCUT2D eigenvalue weighted by molar-refractivity contribution is 6.30. The quantitative estimate of drug-likeness (QED) is 0.693. The van der Waals surface area contributed by atoms with Gasteiger partial charge in [-0.3, -0.25) is 15.0 Å². The Balaban J connectivity index is 1.46. The molecule has 1 unspecified atom stereocenters. The van der Waals surface area contributed by atoms with Crippen molar-refractivity contribution in [2.24, 2.45) is 0 Å². The number of benzene rings is 1. The fraction of sp³-hybridized carbons (Fsp3) is 0.364. The zero-order valence-corrected chi connectivity index (χ0v) is 16.9. The van der Waals surface area contributed by atoms with E-state index in [-0.39, 0.29) is 5.54 Å². The Morgan fingerprint density at radius 1 is 1.04 bits per heavy atom. The minimum Gasteiger partial charge on any atom is -0.300 e. The fourth-order valence-electron chi connectivity index (χ4n) is 4.01. The third-order valence-electron chi connectivity index (χ3n) is 5.82. The number of hydrogen-bond acceptors (Lipinski definition) is 4. The van der Waals surface area contributed by atoms with Crippen LogP contribution in [-0.2, 0) is 12.0 Å². The van der Waals surface area contributed by atoms with Gasteiger partial charge in [0.1, 0.15) is 5.54 Å². The van der Waals surface area contributed by atoms with Gasteiger partial charge in [-0.05, 0) is 37.1 Å². The highest BCUT2D eigenvalue weighted by atomic mass is 35.5. The van der Waals surface area contributed by atoms with E-state index in [2.05, 4.69) is 62.2 Å². The number of nitrogens with one attached hydrogen (secondary N) is 1. The van der Waals surface area contributed by atoms with Gasteiger partial charge in [-0.15, -0.1) is 0 Å². The zero-order chi connectivity index (χ0) is 19.4. The van der Waals surface area contributed by atoms with Gasteiger partial charge in [0.05, 0.1) is 16.4 Å². The van der Waals surface area contributed by atoms with Crippen molar-refractivity contribution in [3.63, 3.8) is 0 Å². The molecular weight excluding hydrogens is 370 g/mol. The molecule has 0 amide bonds. The molecule has 0 radical (unpaired) electrons. The fourth-order valence-corrected chi connectivity index (χ4v) is 4.12. The summed E-state index contributed by atoms with van der Waals surface area (Å²) in [5, 5.41) is 8.01. The normalized spacial score (nSPS) is 18.1. The van der Waals surface area contributed by atoms with Crippen LogP contribution < -0.4 is 0 Å². The van der Waals surface area contributed by atoms with Crippen molar-refractivity contribution in [3.05, 3.63) is 82.9 Å². The van der Waals surface area contributed by atoms with Crippen LogP contribution in [0.5, 0.6) is 0 Å². The molecule has 5 nitrogen and oxygen atoms in total. The maximum atomic E-state index is 6.07. The molecule has 1 saturated heterocycles. The standard InChI is InChI=1S/C22H26ClN5/c1-22(21-9-11-25-26-21,20-8-7-19(23)17-24-20)28-15-13-27(14-16-28)12-10-18-5-3-2-4-6-18/h2-9,11,17H,10,12-16H2,1H3,(H,25,26). The van der Waals surface area contributed by atoms with E-state index in [1.54, 1.807) is 12.4 Å². The van der Waals surface area contributed by atoms with Crippen molar-refractivity contribution < 1.29 is 0 Å². The van der Waals surface area contributed by atoms with E-state index in [4.69, 9.17) is 11.6 Å².